The molecule has 0 saturated carbocycles. The summed E-state index contributed by atoms with van der Waals surface area (Å²) in [4.78, 5) is 23.9. The van der Waals surface area contributed by atoms with Crippen molar-refractivity contribution >= 4 is 12.1 Å². The molecule has 5 nitrogen and oxygen atoms in total. The van der Waals surface area contributed by atoms with Gasteiger partial charge in [0, 0.05) is 5.92 Å². The minimum Gasteiger partial charge on any atom is -0.457 e. The maximum Gasteiger partial charge on any atom is 0.407 e. The van der Waals surface area contributed by atoms with E-state index in [4.69, 9.17) is 9.47 Å². The number of rotatable bonds is 6. The average Bonchev–Trinajstić information content (AvgIpc) is 2.79. The smallest absolute Gasteiger partial charge is 0.407 e. The Labute approximate surface area is 143 Å². The monoisotopic (exact) mass is 333 g/mol. The summed E-state index contributed by atoms with van der Waals surface area (Å²) in [5.41, 5.74) is 0.229. The number of alkyl carbamates (subject to hydrolysis) is 1. The molecule has 1 aliphatic rings. The van der Waals surface area contributed by atoms with Gasteiger partial charge >= 0.3 is 12.1 Å². The maximum atomic E-state index is 12.2. The standard InChI is InChI=1S/C19H27NO4/c1-13(2)10-16(19(4)14(3)11-17(21)24-19)20-18(22)23-12-15-8-6-5-7-9-15/h5-9,13-14,16H,10-12H2,1-4H3,(H,20,22)/t14-,16+,19+/m1/s1. The number of esters is 1. The molecule has 0 spiro atoms. The summed E-state index contributed by atoms with van der Waals surface area (Å²) >= 11 is 0. The number of cyclic esters (lactones) is 1. The largest absolute Gasteiger partial charge is 0.457 e. The van der Waals surface area contributed by atoms with Gasteiger partial charge in [0.2, 0.25) is 0 Å². The Bertz CT molecular complexity index is 572. The maximum absolute atomic E-state index is 12.2. The Hall–Kier alpha value is -2.04. The van der Waals surface area contributed by atoms with Crippen LogP contribution in [-0.2, 0) is 20.9 Å². The molecule has 5 heteroatoms. The first-order chi connectivity index (χ1) is 11.3. The molecule has 1 N–H and O–H groups in total. The fourth-order valence-corrected chi connectivity index (χ4v) is 3.07. The quantitative estimate of drug-likeness (QED) is 0.807. The van der Waals surface area contributed by atoms with Crippen molar-refractivity contribution in [3.05, 3.63) is 35.9 Å². The molecule has 0 aliphatic carbocycles. The highest BCUT2D eigenvalue weighted by atomic mass is 16.6. The number of ether oxygens (including phenoxy) is 2. The molecule has 3 atom stereocenters. The van der Waals surface area contributed by atoms with E-state index in [0.29, 0.717) is 18.8 Å². The fraction of sp³-hybridized carbons (Fsp3) is 0.579. The number of benzene rings is 1. The Kier molecular flexibility index (Phi) is 5.86. The van der Waals surface area contributed by atoms with E-state index in [0.717, 1.165) is 5.56 Å². The summed E-state index contributed by atoms with van der Waals surface area (Å²) in [5, 5.41) is 2.91. The number of hydrogen-bond acceptors (Lipinski definition) is 4. The van der Waals surface area contributed by atoms with Gasteiger partial charge in [0.25, 0.3) is 0 Å². The van der Waals surface area contributed by atoms with Crippen LogP contribution in [0.25, 0.3) is 0 Å². The Morgan fingerprint density at radius 3 is 2.58 bits per heavy atom. The number of amides is 1. The van der Waals surface area contributed by atoms with E-state index in [1.54, 1.807) is 0 Å². The third-order valence-electron chi connectivity index (χ3n) is 4.69. The zero-order chi connectivity index (χ0) is 17.7. The van der Waals surface area contributed by atoms with Crippen LogP contribution >= 0.6 is 0 Å². The molecule has 0 unspecified atom stereocenters. The van der Waals surface area contributed by atoms with Crippen molar-refractivity contribution in [2.24, 2.45) is 11.8 Å². The lowest BCUT2D eigenvalue weighted by Gasteiger charge is -2.37. The zero-order valence-electron chi connectivity index (χ0n) is 14.9. The molecule has 2 rings (SSSR count). The molecule has 1 fully saturated rings. The topological polar surface area (TPSA) is 64.6 Å². The molecule has 1 aliphatic heterocycles. The lowest BCUT2D eigenvalue weighted by Crippen LogP contribution is -2.54. The van der Waals surface area contributed by atoms with Gasteiger partial charge in [-0.2, -0.15) is 0 Å². The predicted octanol–water partition coefficient (Wildman–Crippen LogP) is 3.67. The Morgan fingerprint density at radius 2 is 2.04 bits per heavy atom. The van der Waals surface area contributed by atoms with Gasteiger partial charge in [-0.1, -0.05) is 51.1 Å². The number of hydrogen-bond donors (Lipinski definition) is 1. The van der Waals surface area contributed by atoms with E-state index in [9.17, 15) is 9.59 Å². The first kappa shape index (κ1) is 18.3. The highest BCUT2D eigenvalue weighted by molar-refractivity contribution is 5.73. The third kappa shape index (κ3) is 4.49. The first-order valence-corrected chi connectivity index (χ1v) is 8.50. The molecule has 1 heterocycles. The van der Waals surface area contributed by atoms with Gasteiger partial charge in [-0.05, 0) is 24.8 Å². The molecule has 0 bridgehead atoms. The summed E-state index contributed by atoms with van der Waals surface area (Å²) in [5.74, 6) is 0.189. The van der Waals surface area contributed by atoms with Crippen molar-refractivity contribution in [1.29, 1.82) is 0 Å². The van der Waals surface area contributed by atoms with E-state index in [1.165, 1.54) is 0 Å². The second-order valence-electron chi connectivity index (χ2n) is 7.15. The highest BCUT2D eigenvalue weighted by Gasteiger charge is 2.49. The molecule has 132 valence electrons. The second kappa shape index (κ2) is 7.69. The molecular weight excluding hydrogens is 306 g/mol. The summed E-state index contributed by atoms with van der Waals surface area (Å²) in [6.07, 6.45) is 0.612. The van der Waals surface area contributed by atoms with Gasteiger partial charge in [0.15, 0.2) is 0 Å². The van der Waals surface area contributed by atoms with E-state index in [1.807, 2.05) is 44.2 Å². The predicted molar refractivity (Wildman–Crippen MR) is 91.3 cm³/mol. The molecule has 24 heavy (non-hydrogen) atoms. The van der Waals surface area contributed by atoms with Crippen molar-refractivity contribution in [3.8, 4) is 0 Å². The number of carbonyl (C=O) groups is 2. The first-order valence-electron chi connectivity index (χ1n) is 8.50. The molecule has 0 aromatic heterocycles. The number of nitrogens with one attached hydrogen (secondary N) is 1. The van der Waals surface area contributed by atoms with E-state index in [2.05, 4.69) is 19.2 Å². The fourth-order valence-electron chi connectivity index (χ4n) is 3.07. The van der Waals surface area contributed by atoms with Crippen LogP contribution in [0.2, 0.25) is 0 Å². The average molecular weight is 333 g/mol. The van der Waals surface area contributed by atoms with Crippen molar-refractivity contribution in [2.75, 3.05) is 0 Å². The molecule has 0 radical (unpaired) electrons. The van der Waals surface area contributed by atoms with Crippen LogP contribution in [0.5, 0.6) is 0 Å². The van der Waals surface area contributed by atoms with Gasteiger partial charge in [0.05, 0.1) is 12.5 Å². The van der Waals surface area contributed by atoms with Crippen LogP contribution in [0.3, 0.4) is 0 Å². The van der Waals surface area contributed by atoms with Gasteiger partial charge in [-0.25, -0.2) is 4.79 Å². The lowest BCUT2D eigenvalue weighted by molar-refractivity contribution is -0.150. The highest BCUT2D eigenvalue weighted by Crippen LogP contribution is 2.37. The minimum atomic E-state index is -0.701. The second-order valence-corrected chi connectivity index (χ2v) is 7.15. The molecular formula is C19H27NO4. The molecule has 1 aromatic carbocycles. The van der Waals surface area contributed by atoms with Gasteiger partial charge in [0.1, 0.15) is 12.2 Å². The SMILES string of the molecule is CC(C)C[C@H](NC(=O)OCc1ccccc1)[C@@]1(C)OC(=O)C[C@H]1C. The van der Waals surface area contributed by atoms with Crippen LogP contribution in [0.4, 0.5) is 4.79 Å². The van der Waals surface area contributed by atoms with Crippen LogP contribution in [0.15, 0.2) is 30.3 Å². The van der Waals surface area contributed by atoms with Crippen molar-refractivity contribution in [2.45, 2.75) is 58.8 Å². The Balaban J connectivity index is 2.00. The molecule has 1 aromatic rings. The van der Waals surface area contributed by atoms with E-state index >= 15 is 0 Å². The van der Waals surface area contributed by atoms with E-state index in [-0.39, 0.29) is 24.5 Å². The Morgan fingerprint density at radius 1 is 1.38 bits per heavy atom. The van der Waals surface area contributed by atoms with Crippen molar-refractivity contribution < 1.29 is 19.1 Å². The minimum absolute atomic E-state index is 0.0446. The normalized spacial score (nSPS) is 24.5. The van der Waals surface area contributed by atoms with Gasteiger partial charge < -0.3 is 14.8 Å². The lowest BCUT2D eigenvalue weighted by atomic mass is 9.80. The van der Waals surface area contributed by atoms with Crippen molar-refractivity contribution in [1.82, 2.24) is 5.32 Å². The van der Waals surface area contributed by atoms with Crippen molar-refractivity contribution in [3.63, 3.8) is 0 Å². The summed E-state index contributed by atoms with van der Waals surface area (Å²) in [7, 11) is 0. The molecule has 1 amide bonds. The zero-order valence-corrected chi connectivity index (χ0v) is 14.9. The van der Waals surface area contributed by atoms with Crippen LogP contribution < -0.4 is 5.32 Å². The van der Waals surface area contributed by atoms with Crippen LogP contribution in [-0.4, -0.2) is 23.7 Å². The molecule has 1 saturated heterocycles. The van der Waals surface area contributed by atoms with Crippen LogP contribution in [0.1, 0.15) is 46.1 Å². The summed E-state index contributed by atoms with van der Waals surface area (Å²) in [6.45, 7) is 8.25. The summed E-state index contributed by atoms with van der Waals surface area (Å²) in [6, 6.07) is 9.25. The van der Waals surface area contributed by atoms with Crippen LogP contribution in [0, 0.1) is 11.8 Å². The van der Waals surface area contributed by atoms with Gasteiger partial charge in [-0.3, -0.25) is 4.79 Å². The third-order valence-corrected chi connectivity index (χ3v) is 4.69. The summed E-state index contributed by atoms with van der Waals surface area (Å²) < 4.78 is 10.9. The van der Waals surface area contributed by atoms with Gasteiger partial charge in [-0.15, -0.1) is 0 Å². The van der Waals surface area contributed by atoms with E-state index < -0.39 is 11.7 Å². The number of carbonyl (C=O) groups excluding carboxylic acids is 2.